The molecule has 1 aliphatic carbocycles. The number of ketones is 1. The summed E-state index contributed by atoms with van der Waals surface area (Å²) in [6.45, 7) is 5.00. The van der Waals surface area contributed by atoms with Crippen LogP contribution in [0, 0.1) is 11.8 Å². The van der Waals surface area contributed by atoms with E-state index in [0.717, 1.165) is 4.47 Å². The fraction of sp³-hybridized carbons (Fsp3) is 0.526. The Morgan fingerprint density at radius 3 is 2.42 bits per heavy atom. The summed E-state index contributed by atoms with van der Waals surface area (Å²) in [6, 6.07) is 7.00. The second-order valence-corrected chi connectivity index (χ2v) is 7.46. The Balaban J connectivity index is 2.61. The van der Waals surface area contributed by atoms with Crippen LogP contribution in [0.25, 0.3) is 0 Å². The van der Waals surface area contributed by atoms with Crippen LogP contribution >= 0.6 is 15.9 Å². The summed E-state index contributed by atoms with van der Waals surface area (Å²) in [4.78, 5) is 37.9. The summed E-state index contributed by atoms with van der Waals surface area (Å²) in [7, 11) is 0. The molecule has 26 heavy (non-hydrogen) atoms. The maximum absolute atomic E-state index is 12.7. The molecule has 7 heteroatoms. The fourth-order valence-electron chi connectivity index (χ4n) is 3.59. The van der Waals surface area contributed by atoms with Gasteiger partial charge in [0.15, 0.2) is 5.78 Å². The Morgan fingerprint density at radius 1 is 1.23 bits per heavy atom. The molecule has 0 heterocycles. The van der Waals surface area contributed by atoms with Crippen molar-refractivity contribution in [2.45, 2.75) is 38.7 Å². The van der Waals surface area contributed by atoms with E-state index in [9.17, 15) is 19.5 Å². The zero-order chi connectivity index (χ0) is 19.5. The van der Waals surface area contributed by atoms with Crippen molar-refractivity contribution < 1.29 is 29.0 Å². The number of halogens is 1. The van der Waals surface area contributed by atoms with Crippen LogP contribution in [-0.2, 0) is 23.9 Å². The molecular formula is C19H23BrO6. The minimum Gasteiger partial charge on any atom is -0.466 e. The number of ether oxygens (including phenoxy) is 2. The van der Waals surface area contributed by atoms with Crippen LogP contribution in [0.5, 0.6) is 0 Å². The maximum Gasteiger partial charge on any atom is 0.317 e. The molecule has 0 saturated heterocycles. The number of Topliss-reactive ketones (excluding diaryl/α,β-unsaturated/α-hetero) is 1. The average Bonchev–Trinajstić information content (AvgIpc) is 2.53. The van der Waals surface area contributed by atoms with Crippen molar-refractivity contribution >= 4 is 33.7 Å². The van der Waals surface area contributed by atoms with Crippen molar-refractivity contribution in [3.05, 3.63) is 34.3 Å². The molecule has 0 unspecified atom stereocenters. The lowest BCUT2D eigenvalue weighted by Crippen LogP contribution is -2.55. The van der Waals surface area contributed by atoms with Gasteiger partial charge >= 0.3 is 11.9 Å². The van der Waals surface area contributed by atoms with E-state index in [0.29, 0.717) is 5.56 Å². The summed E-state index contributed by atoms with van der Waals surface area (Å²) in [6.07, 6.45) is -0.315. The van der Waals surface area contributed by atoms with E-state index in [-0.39, 0.29) is 19.6 Å². The molecule has 0 aliphatic heterocycles. The van der Waals surface area contributed by atoms with Crippen molar-refractivity contribution in [1.82, 2.24) is 0 Å². The normalized spacial score (nSPS) is 28.5. The van der Waals surface area contributed by atoms with Crippen LogP contribution in [0.2, 0.25) is 0 Å². The fourth-order valence-corrected chi connectivity index (χ4v) is 4.01. The first-order valence-electron chi connectivity index (χ1n) is 8.56. The number of aliphatic hydroxyl groups is 1. The summed E-state index contributed by atoms with van der Waals surface area (Å²) >= 11 is 3.37. The molecule has 1 fully saturated rings. The molecule has 0 amide bonds. The van der Waals surface area contributed by atoms with Crippen LogP contribution in [0.15, 0.2) is 28.7 Å². The number of esters is 2. The van der Waals surface area contributed by atoms with E-state index < -0.39 is 41.1 Å². The van der Waals surface area contributed by atoms with Gasteiger partial charge in [-0.25, -0.2) is 0 Å². The van der Waals surface area contributed by atoms with Crippen molar-refractivity contribution in [3.8, 4) is 0 Å². The highest BCUT2D eigenvalue weighted by atomic mass is 79.9. The third-order valence-electron chi connectivity index (χ3n) is 4.58. The van der Waals surface area contributed by atoms with Crippen LogP contribution in [0.4, 0.5) is 0 Å². The van der Waals surface area contributed by atoms with Crippen LogP contribution < -0.4 is 0 Å². The number of carbonyl (C=O) groups excluding carboxylic acids is 3. The Hall–Kier alpha value is -1.73. The zero-order valence-electron chi connectivity index (χ0n) is 15.0. The molecular weight excluding hydrogens is 404 g/mol. The van der Waals surface area contributed by atoms with Gasteiger partial charge in [-0.1, -0.05) is 28.1 Å². The lowest BCUT2D eigenvalue weighted by Gasteiger charge is -2.43. The molecule has 1 N–H and O–H groups in total. The molecule has 0 bridgehead atoms. The molecule has 0 aromatic heterocycles. The van der Waals surface area contributed by atoms with Gasteiger partial charge < -0.3 is 14.6 Å². The minimum absolute atomic E-state index is 0.119. The highest BCUT2D eigenvalue weighted by molar-refractivity contribution is 9.10. The number of benzene rings is 1. The predicted molar refractivity (Wildman–Crippen MR) is 97.4 cm³/mol. The van der Waals surface area contributed by atoms with E-state index in [1.165, 1.54) is 6.92 Å². The van der Waals surface area contributed by atoms with Crippen LogP contribution in [-0.4, -0.2) is 41.6 Å². The summed E-state index contributed by atoms with van der Waals surface area (Å²) < 4.78 is 11.0. The number of hydrogen-bond acceptors (Lipinski definition) is 6. The van der Waals surface area contributed by atoms with Gasteiger partial charge in [0.2, 0.25) is 0 Å². The highest BCUT2D eigenvalue weighted by Gasteiger charge is 2.57. The summed E-state index contributed by atoms with van der Waals surface area (Å²) in [5, 5.41) is 10.8. The van der Waals surface area contributed by atoms with E-state index in [1.54, 1.807) is 38.1 Å². The van der Waals surface area contributed by atoms with Crippen LogP contribution in [0.3, 0.4) is 0 Å². The van der Waals surface area contributed by atoms with Crippen LogP contribution in [0.1, 0.15) is 38.7 Å². The van der Waals surface area contributed by atoms with E-state index in [4.69, 9.17) is 9.47 Å². The van der Waals surface area contributed by atoms with E-state index in [1.807, 2.05) is 0 Å². The first-order valence-corrected chi connectivity index (χ1v) is 9.36. The smallest absolute Gasteiger partial charge is 0.317 e. The standard InChI is InChI=1S/C19H23BrO6/c1-4-25-17(22)15-13(21)10-19(3,24)16(18(23)26-5-2)14(15)11-7-6-8-12(20)9-11/h6-9,14-16,24H,4-5,10H2,1-3H3/t14-,15-,16-,19-/m0/s1. The van der Waals surface area contributed by atoms with Crippen molar-refractivity contribution in [2.75, 3.05) is 13.2 Å². The van der Waals surface area contributed by atoms with Gasteiger partial charge in [-0.3, -0.25) is 14.4 Å². The maximum atomic E-state index is 12.7. The topological polar surface area (TPSA) is 89.9 Å². The largest absolute Gasteiger partial charge is 0.466 e. The lowest BCUT2D eigenvalue weighted by molar-refractivity contribution is -0.172. The zero-order valence-corrected chi connectivity index (χ0v) is 16.6. The molecule has 0 radical (unpaired) electrons. The van der Waals surface area contributed by atoms with Gasteiger partial charge in [0, 0.05) is 16.8 Å². The molecule has 2 rings (SSSR count). The molecule has 142 valence electrons. The lowest BCUT2D eigenvalue weighted by atomic mass is 9.62. The Bertz CT molecular complexity index is 699. The molecule has 1 aromatic carbocycles. The average molecular weight is 427 g/mol. The first-order chi connectivity index (χ1) is 12.2. The quantitative estimate of drug-likeness (QED) is 0.574. The molecule has 1 saturated carbocycles. The predicted octanol–water partition coefficient (Wildman–Crippen LogP) is 2.62. The molecule has 6 nitrogen and oxygen atoms in total. The molecule has 1 aliphatic rings. The monoisotopic (exact) mass is 426 g/mol. The van der Waals surface area contributed by atoms with E-state index >= 15 is 0 Å². The van der Waals surface area contributed by atoms with Gasteiger partial charge in [-0.2, -0.15) is 0 Å². The van der Waals surface area contributed by atoms with Crippen molar-refractivity contribution in [2.24, 2.45) is 11.8 Å². The van der Waals surface area contributed by atoms with Gasteiger partial charge in [0.1, 0.15) is 5.92 Å². The summed E-state index contributed by atoms with van der Waals surface area (Å²) in [5.41, 5.74) is -1.04. The second-order valence-electron chi connectivity index (χ2n) is 6.54. The first kappa shape index (κ1) is 20.6. The SMILES string of the molecule is CCOC(=O)[C@H]1C(=O)C[C@](C)(O)[C@H](C(=O)OCC)[C@H]1c1cccc(Br)c1. The number of carbonyl (C=O) groups is 3. The highest BCUT2D eigenvalue weighted by Crippen LogP contribution is 2.47. The Labute approximate surface area is 161 Å². The van der Waals surface area contributed by atoms with Gasteiger partial charge in [-0.05, 0) is 38.5 Å². The number of hydrogen-bond donors (Lipinski definition) is 1. The molecule has 4 atom stereocenters. The third-order valence-corrected chi connectivity index (χ3v) is 5.08. The van der Waals surface area contributed by atoms with Crippen molar-refractivity contribution in [3.63, 3.8) is 0 Å². The Morgan fingerprint density at radius 2 is 1.85 bits per heavy atom. The second kappa shape index (κ2) is 8.31. The molecule has 1 aromatic rings. The Kier molecular flexibility index (Phi) is 6.58. The third kappa shape index (κ3) is 4.15. The van der Waals surface area contributed by atoms with Gasteiger partial charge in [-0.15, -0.1) is 0 Å². The molecule has 0 spiro atoms. The number of rotatable bonds is 5. The van der Waals surface area contributed by atoms with Crippen molar-refractivity contribution in [1.29, 1.82) is 0 Å². The van der Waals surface area contributed by atoms with Gasteiger partial charge in [0.25, 0.3) is 0 Å². The summed E-state index contributed by atoms with van der Waals surface area (Å²) in [5.74, 6) is -4.87. The van der Waals surface area contributed by atoms with Gasteiger partial charge in [0.05, 0.1) is 24.7 Å². The minimum atomic E-state index is -1.63. The van der Waals surface area contributed by atoms with E-state index in [2.05, 4.69) is 15.9 Å².